The van der Waals surface area contributed by atoms with Crippen LogP contribution in [0.25, 0.3) is 44.6 Å². The van der Waals surface area contributed by atoms with Crippen molar-refractivity contribution in [3.63, 3.8) is 0 Å². The highest BCUT2D eigenvalue weighted by molar-refractivity contribution is 5.87. The number of rotatable bonds is 14. The summed E-state index contributed by atoms with van der Waals surface area (Å²) < 4.78 is 28.9. The molecule has 0 unspecified atom stereocenters. The number of amides is 3. The molecule has 4 aromatic heterocycles. The molecule has 2 saturated carbocycles. The van der Waals surface area contributed by atoms with Crippen molar-refractivity contribution in [2.45, 2.75) is 83.6 Å². The highest BCUT2D eigenvalue weighted by atomic mass is 16.5. The van der Waals surface area contributed by atoms with E-state index in [1.807, 2.05) is 55.7 Å². The largest absolute Gasteiger partial charge is 0.495 e. The van der Waals surface area contributed by atoms with Gasteiger partial charge in [0, 0.05) is 120 Å². The third-order valence-corrected chi connectivity index (χ3v) is 15.3. The van der Waals surface area contributed by atoms with E-state index >= 15 is 0 Å². The highest BCUT2D eigenvalue weighted by Crippen LogP contribution is 2.43. The first-order valence-corrected chi connectivity index (χ1v) is 26.0. The topological polar surface area (TPSA) is 195 Å². The number of carbonyl (C=O) groups is 3. The van der Waals surface area contributed by atoms with Gasteiger partial charge in [-0.1, -0.05) is 12.1 Å². The van der Waals surface area contributed by atoms with Crippen molar-refractivity contribution in [3.8, 4) is 45.8 Å². The number of benzene rings is 2. The summed E-state index contributed by atoms with van der Waals surface area (Å²) >= 11 is 0. The van der Waals surface area contributed by atoms with Crippen LogP contribution in [0.3, 0.4) is 0 Å². The van der Waals surface area contributed by atoms with Crippen molar-refractivity contribution < 1.29 is 33.3 Å². The Hall–Kier alpha value is -7.15. The van der Waals surface area contributed by atoms with Crippen LogP contribution in [-0.2, 0) is 14.4 Å². The van der Waals surface area contributed by atoms with Gasteiger partial charge in [0.15, 0.2) is 0 Å². The zero-order valence-electron chi connectivity index (χ0n) is 42.4. The molecule has 19 heteroatoms. The number of hydrogen-bond donors (Lipinski definition) is 3. The molecule has 4 saturated heterocycles. The minimum atomic E-state index is -0.173. The lowest BCUT2D eigenvalue weighted by Crippen LogP contribution is -2.48. The number of nitrogens with zero attached hydrogens (tertiary/aromatic N) is 9. The predicted molar refractivity (Wildman–Crippen MR) is 278 cm³/mol. The fourth-order valence-corrected chi connectivity index (χ4v) is 10.6. The molecule has 73 heavy (non-hydrogen) atoms. The van der Waals surface area contributed by atoms with Gasteiger partial charge in [-0.25, -0.2) is 19.9 Å². The van der Waals surface area contributed by atoms with E-state index in [1.165, 1.54) is 0 Å². The summed E-state index contributed by atoms with van der Waals surface area (Å²) in [5.41, 5.74) is 9.08. The van der Waals surface area contributed by atoms with Crippen LogP contribution in [0.1, 0.15) is 71.4 Å². The molecule has 0 radical (unpaired) electrons. The van der Waals surface area contributed by atoms with Crippen LogP contribution in [0, 0.1) is 11.8 Å². The first-order chi connectivity index (χ1) is 35.5. The molecule has 3 N–H and O–H groups in total. The monoisotopic (exact) mass is 995 g/mol. The maximum atomic E-state index is 11.8. The van der Waals surface area contributed by atoms with Crippen molar-refractivity contribution in [1.82, 2.24) is 49.9 Å². The fourth-order valence-electron chi connectivity index (χ4n) is 10.6. The van der Waals surface area contributed by atoms with E-state index in [4.69, 9.17) is 38.9 Å². The van der Waals surface area contributed by atoms with E-state index in [1.54, 1.807) is 21.1 Å². The Bertz CT molecular complexity index is 3030. The molecule has 8 heterocycles. The number of methoxy groups -OCH3 is 2. The molecule has 4 aliphatic heterocycles. The number of hydrogen-bond acceptors (Lipinski definition) is 14. The van der Waals surface area contributed by atoms with Crippen molar-refractivity contribution in [2.75, 3.05) is 89.5 Å². The zero-order valence-corrected chi connectivity index (χ0v) is 42.4. The Morgan fingerprint density at radius 3 is 1.48 bits per heavy atom. The van der Waals surface area contributed by atoms with Gasteiger partial charge in [-0.15, -0.1) is 0 Å². The van der Waals surface area contributed by atoms with Crippen LogP contribution >= 0.6 is 0 Å². The molecule has 384 valence electrons. The number of piperazine rings is 2. The minimum absolute atomic E-state index is 0.0650. The van der Waals surface area contributed by atoms with Gasteiger partial charge in [0.05, 0.1) is 60.7 Å². The third-order valence-electron chi connectivity index (χ3n) is 15.3. The van der Waals surface area contributed by atoms with Crippen molar-refractivity contribution in [3.05, 3.63) is 61.2 Å². The summed E-state index contributed by atoms with van der Waals surface area (Å²) in [6.45, 7) is 13.6. The minimum Gasteiger partial charge on any atom is -0.495 e. The number of nitrogens with one attached hydrogen (secondary N) is 3. The van der Waals surface area contributed by atoms with E-state index < -0.39 is 0 Å². The van der Waals surface area contributed by atoms with Gasteiger partial charge >= 0.3 is 0 Å². The zero-order chi connectivity index (χ0) is 50.3. The first kappa shape index (κ1) is 48.1. The maximum Gasteiger partial charge on any atom is 0.241 e. The highest BCUT2D eigenvalue weighted by Gasteiger charge is 2.34. The average Bonchev–Trinajstić information content (AvgIpc) is 4.24. The summed E-state index contributed by atoms with van der Waals surface area (Å²) in [7, 11) is 3.39. The van der Waals surface area contributed by atoms with E-state index in [2.05, 4.69) is 59.1 Å². The fraction of sp³-hybridized carbons (Fsp3) is 0.500. The van der Waals surface area contributed by atoms with Gasteiger partial charge in [-0.2, -0.15) is 0 Å². The maximum absolute atomic E-state index is 11.8. The summed E-state index contributed by atoms with van der Waals surface area (Å²) in [6, 6.07) is 17.3. The van der Waals surface area contributed by atoms with Gasteiger partial charge in [0.25, 0.3) is 0 Å². The molecule has 6 aromatic rings. The standard InChI is InChI=1S/C28H34N6O4.C26H32N6O3/c1-17(20-13-26(36)29-15-20)38-28-27-23(30-16-34(27)21-5-6-21)14-22(31-28)19-4-7-24(25(12-19)37-3)33-10-8-32(9-11-33)18(2)35;1-16(18-12-24(33)28-14-18)35-26-25-21(29-15-32(25)19-4-5-19)13-20(30-26)17-3-6-22(23(11-17)34-2)31-9-7-27-8-10-31/h4,7,12,14,16-17,20-21H,5-6,8-11,13,15H2,1-3H3,(H,29,36);3,6,11,13,15-16,18-19,27H,4-5,7-10,12,14H2,1-2H3,(H,28,33)/t17-,20-;16-,18-/m11/s1. The molecule has 2 aromatic carbocycles. The Balaban J connectivity index is 0.000000158. The van der Waals surface area contributed by atoms with Crippen molar-refractivity contribution in [1.29, 1.82) is 0 Å². The van der Waals surface area contributed by atoms with E-state index in [0.717, 1.165) is 132 Å². The predicted octanol–water partition coefficient (Wildman–Crippen LogP) is 5.77. The lowest BCUT2D eigenvalue weighted by molar-refractivity contribution is -0.129. The number of imidazole rings is 2. The van der Waals surface area contributed by atoms with Crippen molar-refractivity contribution >= 4 is 51.2 Å². The lowest BCUT2D eigenvalue weighted by Gasteiger charge is -2.36. The molecule has 6 aliphatic rings. The van der Waals surface area contributed by atoms with Crippen LogP contribution in [0.2, 0.25) is 0 Å². The Kier molecular flexibility index (Phi) is 13.4. The summed E-state index contributed by atoms with van der Waals surface area (Å²) in [5, 5.41) is 9.21. The molecule has 6 fully saturated rings. The second-order valence-corrected chi connectivity index (χ2v) is 20.3. The third kappa shape index (κ3) is 10.2. The quantitative estimate of drug-likeness (QED) is 0.119. The van der Waals surface area contributed by atoms with Crippen LogP contribution in [-0.4, -0.2) is 144 Å². The second kappa shape index (κ2) is 20.4. The number of fused-ring (bicyclic) bond motifs is 2. The molecule has 2 aliphatic carbocycles. The van der Waals surface area contributed by atoms with E-state index in [9.17, 15) is 14.4 Å². The number of ether oxygens (including phenoxy) is 4. The second-order valence-electron chi connectivity index (χ2n) is 20.3. The number of anilines is 2. The smallest absolute Gasteiger partial charge is 0.241 e. The molecule has 4 atom stereocenters. The summed E-state index contributed by atoms with van der Waals surface area (Å²) in [6.07, 6.45) is 8.96. The molecule has 0 bridgehead atoms. The first-order valence-electron chi connectivity index (χ1n) is 26.0. The SMILES string of the molecule is COc1cc(-c2cc3ncn(C4CC4)c3c(O[C@H](C)[C@H]3CNC(=O)C3)n2)ccc1N1CCN(C(C)=O)CC1.COc1cc(-c2cc3ncn(C4CC4)c3c(O[C@H](C)[C@H]3CNC(=O)C3)n2)ccc1N1CCNCC1. The molecule has 0 spiro atoms. The van der Waals surface area contributed by atoms with Gasteiger partial charge in [-0.3, -0.25) is 14.4 Å². The number of pyridine rings is 2. The Labute approximate surface area is 424 Å². The molecule has 19 nitrogen and oxygen atoms in total. The summed E-state index contributed by atoms with van der Waals surface area (Å²) in [4.78, 5) is 61.1. The number of carbonyl (C=O) groups excluding carboxylic acids is 3. The van der Waals surface area contributed by atoms with Crippen molar-refractivity contribution in [2.24, 2.45) is 11.8 Å². The van der Waals surface area contributed by atoms with E-state index in [0.29, 0.717) is 62.9 Å². The normalized spacial score (nSPS) is 20.9. The van der Waals surface area contributed by atoms with Gasteiger partial charge < -0.3 is 58.7 Å². The molecular formula is C54H66N12O7. The van der Waals surface area contributed by atoms with Crippen LogP contribution in [0.15, 0.2) is 61.2 Å². The van der Waals surface area contributed by atoms with Gasteiger partial charge in [0.1, 0.15) is 34.7 Å². The average molecular weight is 995 g/mol. The summed E-state index contributed by atoms with van der Waals surface area (Å²) in [5.74, 6) is 3.21. The van der Waals surface area contributed by atoms with Gasteiger partial charge in [0.2, 0.25) is 29.5 Å². The lowest BCUT2D eigenvalue weighted by atomic mass is 10.0. The molecular weight excluding hydrogens is 929 g/mol. The van der Waals surface area contributed by atoms with E-state index in [-0.39, 0.29) is 41.8 Å². The Morgan fingerprint density at radius 1 is 0.630 bits per heavy atom. The Morgan fingerprint density at radius 2 is 1.08 bits per heavy atom. The number of aromatic nitrogens is 6. The molecule has 12 rings (SSSR count). The van der Waals surface area contributed by atoms with Crippen LogP contribution < -0.4 is 44.7 Å². The van der Waals surface area contributed by atoms with Crippen LogP contribution in [0.4, 0.5) is 11.4 Å². The van der Waals surface area contributed by atoms with Crippen LogP contribution in [0.5, 0.6) is 23.3 Å². The molecule has 3 amide bonds. The van der Waals surface area contributed by atoms with Gasteiger partial charge in [-0.05, 0) is 75.9 Å².